The van der Waals surface area contributed by atoms with Crippen molar-refractivity contribution in [1.29, 1.82) is 0 Å². The SMILES string of the molecule is CC(C)(C)C.CC(C)(C)C.CC(C)(C)N1c2ccccc2C2(c3ccccc3Oc3ccccc32)c2ccccc21.Cc1ccc2c(c1)C1(c3ccccc3-c3ccccc31)c1ccccc1N2c1ccccc1.Cc1ccc2c(c1)C1(c3ccccc3Oc3ccccc31)c1cc(C)ccc1N2C(C)(C)C.c1ccc(N2c3ccccc3C3(c4ccccc4-c4ccccc43)c3ccccc32)cc1. The number of aryl methyl sites for hydroxylation is 3. The molecule has 0 atom stereocenters. The van der Waals surface area contributed by atoms with E-state index in [2.05, 4.69) is 568 Å². The van der Waals surface area contributed by atoms with Crippen molar-refractivity contribution in [3.8, 4) is 45.3 Å². The molecule has 686 valence electrons. The molecule has 0 saturated carbocycles. The maximum Gasteiger partial charge on any atom is 0.132 e. The van der Waals surface area contributed by atoms with Crippen molar-refractivity contribution in [1.82, 2.24) is 0 Å². The van der Waals surface area contributed by atoms with Crippen LogP contribution in [0.4, 0.5) is 56.9 Å². The average molecular weight is 1810 g/mol. The van der Waals surface area contributed by atoms with E-state index in [1.807, 2.05) is 0 Å². The molecule has 8 aliphatic rings. The highest BCUT2D eigenvalue weighted by Gasteiger charge is 2.57. The maximum absolute atomic E-state index is 6.48. The van der Waals surface area contributed by atoms with Gasteiger partial charge in [0.1, 0.15) is 23.0 Å². The highest BCUT2D eigenvalue weighted by atomic mass is 16.5. The molecule has 0 saturated heterocycles. The van der Waals surface area contributed by atoms with E-state index in [-0.39, 0.29) is 21.9 Å². The number of para-hydroxylation sites is 11. The molecular weight excluding hydrogens is 1690 g/mol. The molecule has 0 N–H and O–H groups in total. The van der Waals surface area contributed by atoms with Crippen LogP contribution in [0.2, 0.25) is 0 Å². The van der Waals surface area contributed by atoms with Gasteiger partial charge in [0.15, 0.2) is 0 Å². The van der Waals surface area contributed by atoms with Crippen LogP contribution in [0.1, 0.15) is 203 Å². The van der Waals surface area contributed by atoms with Gasteiger partial charge in [0.05, 0.1) is 44.4 Å². The van der Waals surface area contributed by atoms with E-state index < -0.39 is 10.8 Å². The molecule has 6 heterocycles. The van der Waals surface area contributed by atoms with E-state index in [4.69, 9.17) is 9.47 Å². The highest BCUT2D eigenvalue weighted by Crippen LogP contribution is 2.69. The zero-order chi connectivity index (χ0) is 96.3. The van der Waals surface area contributed by atoms with E-state index in [1.165, 1.54) is 185 Å². The minimum atomic E-state index is -0.449. The first-order valence-electron chi connectivity index (χ1n) is 49.3. The molecule has 0 fully saturated rings. The van der Waals surface area contributed by atoms with Crippen LogP contribution in [0, 0.1) is 31.6 Å². The van der Waals surface area contributed by atoms with Crippen molar-refractivity contribution in [2.45, 2.75) is 150 Å². The standard InChI is InChI=1S/C32H23N.C31H29NO.C31H21N.C29H25NO.2C5H12/c1-22-19-20-31-29(21-22)32(26-15-7-5-13-24(26)25-14-6-8-16-27(25)32)28-17-9-10-18-30(28)33(31)23-11-3-2-4-12-23;1-20-14-16-26-24(18-20)31(25-19-21(2)15-17-27(25)32(26)30(3,4)5)22-10-6-8-12-28(22)33-29-13-9-7-11-23(29)31;1-2-12-22(13-3-1)32-29-20-10-8-18-27(29)31(28-19-9-11-21-30(28)32)25-16-6-4-14-23(25)24-15-5-7-17-26(24)31;1-28(2,3)30-24-16-8-4-12-20(24)29(21-13-5-9-17-25(21)30)22-14-6-10-18-26(22)31-27-19-11-7-15-23(27)29;2*1-5(2,3)4/h2-21H,1H3;6-19H,1-5H3;1-21H;4-19H,1-3H3;2*1-4H3. The number of fused-ring (bicyclic) bond motifs is 34. The van der Waals surface area contributed by atoms with Crippen molar-refractivity contribution in [3.63, 3.8) is 0 Å². The van der Waals surface area contributed by atoms with E-state index in [1.54, 1.807) is 0 Å². The van der Waals surface area contributed by atoms with Gasteiger partial charge in [0.25, 0.3) is 0 Å². The predicted octanol–water partition coefficient (Wildman–Crippen LogP) is 35.5. The van der Waals surface area contributed by atoms with Crippen LogP contribution >= 0.6 is 0 Å². The second kappa shape index (κ2) is 34.8. The van der Waals surface area contributed by atoms with Gasteiger partial charge in [-0.15, -0.1) is 0 Å². The van der Waals surface area contributed by atoms with Crippen LogP contribution < -0.4 is 29.1 Å². The molecule has 139 heavy (non-hydrogen) atoms. The first kappa shape index (κ1) is 90.2. The van der Waals surface area contributed by atoms with Crippen LogP contribution in [0.15, 0.2) is 431 Å². The van der Waals surface area contributed by atoms with Crippen molar-refractivity contribution in [3.05, 3.63) is 536 Å². The van der Waals surface area contributed by atoms with Gasteiger partial charge in [-0.1, -0.05) is 406 Å². The van der Waals surface area contributed by atoms with E-state index >= 15 is 0 Å². The van der Waals surface area contributed by atoms with Gasteiger partial charge in [-0.2, -0.15) is 0 Å². The Morgan fingerprint density at radius 1 is 0.173 bits per heavy atom. The molecule has 18 aromatic rings. The lowest BCUT2D eigenvalue weighted by atomic mass is 9.60. The third-order valence-electron chi connectivity index (χ3n) is 28.0. The van der Waals surface area contributed by atoms with E-state index in [9.17, 15) is 0 Å². The van der Waals surface area contributed by atoms with Crippen LogP contribution in [-0.2, 0) is 21.7 Å². The number of rotatable bonds is 2. The summed E-state index contributed by atoms with van der Waals surface area (Å²) in [7, 11) is 0. The summed E-state index contributed by atoms with van der Waals surface area (Å²) in [5.74, 6) is 3.71. The summed E-state index contributed by atoms with van der Waals surface area (Å²) < 4.78 is 12.9. The molecule has 0 bridgehead atoms. The third kappa shape index (κ3) is 14.9. The first-order valence-corrected chi connectivity index (χ1v) is 49.3. The smallest absolute Gasteiger partial charge is 0.132 e. The molecule has 26 rings (SSSR count). The summed E-state index contributed by atoms with van der Waals surface area (Å²) in [6.07, 6.45) is 0. The Bertz CT molecular complexity index is 7380. The second-order valence-corrected chi connectivity index (χ2v) is 43.4. The van der Waals surface area contributed by atoms with Crippen molar-refractivity contribution in [2.24, 2.45) is 10.8 Å². The van der Waals surface area contributed by atoms with Crippen LogP contribution in [-0.4, -0.2) is 11.1 Å². The fraction of sp³-hybridized carbons (Fsp3) is 0.188. The van der Waals surface area contributed by atoms with Crippen molar-refractivity contribution in [2.75, 3.05) is 19.6 Å². The number of anilines is 10. The van der Waals surface area contributed by atoms with Crippen molar-refractivity contribution >= 4 is 56.9 Å². The Balaban J connectivity index is 0.000000107. The number of hydrogen-bond donors (Lipinski definition) is 0. The zero-order valence-electron chi connectivity index (χ0n) is 83.1. The van der Waals surface area contributed by atoms with Crippen LogP contribution in [0.25, 0.3) is 22.3 Å². The van der Waals surface area contributed by atoms with Gasteiger partial charge >= 0.3 is 0 Å². The maximum atomic E-state index is 6.48. The summed E-state index contributed by atoms with van der Waals surface area (Å²) >= 11 is 0. The molecule has 0 unspecified atom stereocenters. The molecule has 6 aliphatic heterocycles. The lowest BCUT2D eigenvalue weighted by Gasteiger charge is -2.52. The number of nitrogens with zero attached hydrogens (tertiary/aromatic N) is 4. The lowest BCUT2D eigenvalue weighted by Crippen LogP contribution is -2.46. The number of ether oxygens (including phenoxy) is 2. The topological polar surface area (TPSA) is 31.4 Å². The molecule has 4 spiro atoms. The summed E-state index contributed by atoms with van der Waals surface area (Å²) in [6.45, 7) is 37.8. The Hall–Kier alpha value is -15.2. The first-order chi connectivity index (χ1) is 67.0. The minimum absolute atomic E-state index is 0.0714. The molecule has 18 aromatic carbocycles. The van der Waals surface area contributed by atoms with Crippen molar-refractivity contribution < 1.29 is 9.47 Å². The summed E-state index contributed by atoms with van der Waals surface area (Å²) in [5, 5.41) is 0. The normalized spacial score (nSPS) is 14.7. The number of hydrogen-bond acceptors (Lipinski definition) is 6. The monoisotopic (exact) mass is 1810 g/mol. The summed E-state index contributed by atoms with van der Waals surface area (Å²) in [6, 6.07) is 157. The van der Waals surface area contributed by atoms with E-state index in [0.29, 0.717) is 10.8 Å². The minimum Gasteiger partial charge on any atom is -0.457 e. The fourth-order valence-corrected chi connectivity index (χ4v) is 23.4. The van der Waals surface area contributed by atoms with Gasteiger partial charge in [-0.3, -0.25) is 0 Å². The molecule has 6 nitrogen and oxygen atoms in total. The molecule has 0 aromatic heterocycles. The van der Waals surface area contributed by atoms with Crippen LogP contribution in [0.5, 0.6) is 23.0 Å². The van der Waals surface area contributed by atoms with Crippen LogP contribution in [0.3, 0.4) is 0 Å². The summed E-state index contributed by atoms with van der Waals surface area (Å²) in [4.78, 5) is 9.85. The largest absolute Gasteiger partial charge is 0.457 e. The molecule has 0 amide bonds. The predicted molar refractivity (Wildman–Crippen MR) is 582 cm³/mol. The second-order valence-electron chi connectivity index (χ2n) is 43.4. The lowest BCUT2D eigenvalue weighted by molar-refractivity contribution is 0.431. The molecule has 6 heteroatoms. The van der Waals surface area contributed by atoms with Gasteiger partial charge < -0.3 is 29.1 Å². The van der Waals surface area contributed by atoms with Gasteiger partial charge in [-0.05, 0) is 259 Å². The Labute approximate surface area is 823 Å². The molecule has 0 radical (unpaired) electrons. The zero-order valence-corrected chi connectivity index (χ0v) is 83.1. The summed E-state index contributed by atoms with van der Waals surface area (Å²) in [5.41, 5.74) is 41.7. The Morgan fingerprint density at radius 2 is 0.353 bits per heavy atom. The average Bonchev–Trinajstić information content (AvgIpc) is 1.08. The molecule has 2 aliphatic carbocycles. The Kier molecular flexibility index (Phi) is 22.6. The van der Waals surface area contributed by atoms with E-state index in [0.717, 1.165) is 23.0 Å². The Morgan fingerprint density at radius 3 is 0.633 bits per heavy atom. The fourth-order valence-electron chi connectivity index (χ4n) is 23.4. The number of benzene rings is 18. The highest BCUT2D eigenvalue weighted by molar-refractivity contribution is 5.99. The quantitative estimate of drug-likeness (QED) is 0.171. The van der Waals surface area contributed by atoms with Gasteiger partial charge in [0, 0.05) is 67.5 Å². The molecular formula is C133H122N4O2. The van der Waals surface area contributed by atoms with Gasteiger partial charge in [-0.25, -0.2) is 0 Å². The third-order valence-corrected chi connectivity index (χ3v) is 28.0. The van der Waals surface area contributed by atoms with Gasteiger partial charge in [0.2, 0.25) is 0 Å².